The summed E-state index contributed by atoms with van der Waals surface area (Å²) in [6.45, 7) is 6.31. The summed E-state index contributed by atoms with van der Waals surface area (Å²) < 4.78 is 41.8. The number of aromatic amines is 1. The molecule has 0 aliphatic rings. The molecular formula is C27H27FN8O2S. The van der Waals surface area contributed by atoms with E-state index in [0.717, 1.165) is 22.2 Å². The Bertz CT molecular complexity index is 1740. The minimum atomic E-state index is -3.83. The molecule has 0 aliphatic heterocycles. The van der Waals surface area contributed by atoms with E-state index < -0.39 is 10.0 Å². The summed E-state index contributed by atoms with van der Waals surface area (Å²) in [7, 11) is -3.83. The zero-order chi connectivity index (χ0) is 27.6. The maximum Gasteiger partial charge on any atom is 0.264 e. The van der Waals surface area contributed by atoms with Gasteiger partial charge in [-0.3, -0.25) is 0 Å². The second kappa shape index (κ2) is 10.7. The number of rotatable bonds is 9. The molecule has 5 rings (SSSR count). The molecule has 0 saturated heterocycles. The standard InChI is InChI=1S/C27H27FN8O2S/c1-16-5-10-22(28)26-25(16)21(17(2)32-26)11-14-29-23-15-24(34-18(3)33-23)35-19-6-8-20(9-7-19)39(37,38)36-27-30-12-4-13-31-27/h4-10,12-13,15,32H,11,14H2,1-3H3,(H,30,31,36)(H2,29,33,34,35). The highest BCUT2D eigenvalue weighted by Crippen LogP contribution is 2.28. The van der Waals surface area contributed by atoms with Crippen LogP contribution in [0.2, 0.25) is 0 Å². The van der Waals surface area contributed by atoms with Crippen LogP contribution in [-0.4, -0.2) is 39.9 Å². The normalized spacial score (nSPS) is 11.5. The molecule has 0 atom stereocenters. The molecule has 3 aromatic heterocycles. The molecule has 0 spiro atoms. The van der Waals surface area contributed by atoms with E-state index in [1.165, 1.54) is 30.6 Å². The molecule has 39 heavy (non-hydrogen) atoms. The number of aryl methyl sites for hydroxylation is 3. The molecule has 200 valence electrons. The van der Waals surface area contributed by atoms with E-state index in [0.29, 0.717) is 41.6 Å². The monoisotopic (exact) mass is 546 g/mol. The number of nitrogens with zero attached hydrogens (tertiary/aromatic N) is 4. The number of sulfonamides is 1. The van der Waals surface area contributed by atoms with Crippen molar-refractivity contribution >= 4 is 44.2 Å². The van der Waals surface area contributed by atoms with Crippen LogP contribution >= 0.6 is 0 Å². The SMILES string of the molecule is Cc1nc(NCCc2c(C)[nH]c3c(F)ccc(C)c23)cc(Nc2ccc(S(=O)(=O)Nc3ncccn3)cc2)n1. The van der Waals surface area contributed by atoms with E-state index in [4.69, 9.17) is 0 Å². The van der Waals surface area contributed by atoms with E-state index in [2.05, 4.69) is 40.3 Å². The van der Waals surface area contributed by atoms with Gasteiger partial charge in [-0.2, -0.15) is 0 Å². The number of aromatic nitrogens is 5. The number of anilines is 4. The Balaban J connectivity index is 1.26. The highest BCUT2D eigenvalue weighted by Gasteiger charge is 2.16. The van der Waals surface area contributed by atoms with Gasteiger partial charge in [-0.05, 0) is 74.7 Å². The first-order valence-electron chi connectivity index (χ1n) is 12.2. The number of H-pyrrole nitrogens is 1. The molecule has 0 radical (unpaired) electrons. The molecule has 2 aromatic carbocycles. The van der Waals surface area contributed by atoms with Gasteiger partial charge in [0, 0.05) is 41.8 Å². The lowest BCUT2D eigenvalue weighted by molar-refractivity contribution is 0.601. The molecule has 0 amide bonds. The largest absolute Gasteiger partial charge is 0.370 e. The lowest BCUT2D eigenvalue weighted by Crippen LogP contribution is -2.14. The number of hydrogen-bond donors (Lipinski definition) is 4. The number of nitrogens with one attached hydrogen (secondary N) is 4. The summed E-state index contributed by atoms with van der Waals surface area (Å²) in [6.07, 6.45) is 3.59. The van der Waals surface area contributed by atoms with Crippen molar-refractivity contribution in [2.75, 3.05) is 21.9 Å². The number of benzene rings is 2. The van der Waals surface area contributed by atoms with Crippen molar-refractivity contribution in [2.24, 2.45) is 0 Å². The first kappa shape index (κ1) is 26.0. The Morgan fingerprint density at radius 2 is 1.67 bits per heavy atom. The first-order valence-corrected chi connectivity index (χ1v) is 13.7. The van der Waals surface area contributed by atoms with Crippen molar-refractivity contribution in [1.82, 2.24) is 24.9 Å². The van der Waals surface area contributed by atoms with Gasteiger partial charge < -0.3 is 15.6 Å². The first-order chi connectivity index (χ1) is 18.7. The van der Waals surface area contributed by atoms with E-state index in [1.807, 2.05) is 13.8 Å². The Labute approximate surface area is 225 Å². The third-order valence-electron chi connectivity index (χ3n) is 6.18. The van der Waals surface area contributed by atoms with Crippen molar-refractivity contribution < 1.29 is 12.8 Å². The fraction of sp³-hybridized carbons (Fsp3) is 0.185. The van der Waals surface area contributed by atoms with Crippen LogP contribution in [0.4, 0.5) is 27.7 Å². The molecule has 0 unspecified atom stereocenters. The van der Waals surface area contributed by atoms with Gasteiger partial charge in [0.1, 0.15) is 23.3 Å². The van der Waals surface area contributed by atoms with Gasteiger partial charge in [-0.25, -0.2) is 37.5 Å². The van der Waals surface area contributed by atoms with Crippen molar-refractivity contribution in [1.29, 1.82) is 0 Å². The smallest absolute Gasteiger partial charge is 0.264 e. The summed E-state index contributed by atoms with van der Waals surface area (Å²) in [5, 5.41) is 7.44. The predicted molar refractivity (Wildman–Crippen MR) is 149 cm³/mol. The average Bonchev–Trinajstić information content (AvgIpc) is 3.24. The van der Waals surface area contributed by atoms with Gasteiger partial charge in [-0.1, -0.05) is 6.07 Å². The van der Waals surface area contributed by atoms with Crippen LogP contribution in [0.25, 0.3) is 10.9 Å². The van der Waals surface area contributed by atoms with Gasteiger partial charge in [0.05, 0.1) is 10.4 Å². The Hall–Kier alpha value is -4.58. The maximum absolute atomic E-state index is 14.3. The Morgan fingerprint density at radius 3 is 2.41 bits per heavy atom. The molecule has 5 aromatic rings. The average molecular weight is 547 g/mol. The minimum Gasteiger partial charge on any atom is -0.370 e. The topological polar surface area (TPSA) is 138 Å². The van der Waals surface area contributed by atoms with E-state index in [1.54, 1.807) is 37.3 Å². The van der Waals surface area contributed by atoms with E-state index >= 15 is 0 Å². The zero-order valence-electron chi connectivity index (χ0n) is 21.6. The van der Waals surface area contributed by atoms with Crippen molar-refractivity contribution in [3.8, 4) is 0 Å². The van der Waals surface area contributed by atoms with Gasteiger partial charge >= 0.3 is 0 Å². The second-order valence-corrected chi connectivity index (χ2v) is 10.7. The second-order valence-electron chi connectivity index (χ2n) is 9.03. The highest BCUT2D eigenvalue weighted by molar-refractivity contribution is 7.92. The van der Waals surface area contributed by atoms with Crippen LogP contribution < -0.4 is 15.4 Å². The summed E-state index contributed by atoms with van der Waals surface area (Å²) in [6, 6.07) is 12.9. The fourth-order valence-electron chi connectivity index (χ4n) is 4.39. The van der Waals surface area contributed by atoms with Crippen molar-refractivity contribution in [3.05, 3.63) is 89.4 Å². The lowest BCUT2D eigenvalue weighted by Gasteiger charge is -2.11. The van der Waals surface area contributed by atoms with Crippen LogP contribution in [0.5, 0.6) is 0 Å². The molecule has 3 heterocycles. The Morgan fingerprint density at radius 1 is 0.949 bits per heavy atom. The molecule has 0 bridgehead atoms. The van der Waals surface area contributed by atoms with Crippen LogP contribution in [0.3, 0.4) is 0 Å². The zero-order valence-corrected chi connectivity index (χ0v) is 22.4. The Kier molecular flexibility index (Phi) is 7.11. The molecule has 10 nitrogen and oxygen atoms in total. The number of halogens is 1. The summed E-state index contributed by atoms with van der Waals surface area (Å²) in [4.78, 5) is 19.9. The van der Waals surface area contributed by atoms with Crippen LogP contribution in [-0.2, 0) is 16.4 Å². The van der Waals surface area contributed by atoms with Crippen LogP contribution in [0.1, 0.15) is 22.6 Å². The summed E-state index contributed by atoms with van der Waals surface area (Å²) in [5.74, 6) is 1.50. The quantitative estimate of drug-likeness (QED) is 0.202. The molecular weight excluding hydrogens is 519 g/mol. The predicted octanol–water partition coefficient (Wildman–Crippen LogP) is 5.01. The van der Waals surface area contributed by atoms with Crippen LogP contribution in [0.15, 0.2) is 65.8 Å². The molecule has 0 saturated carbocycles. The third-order valence-corrected chi connectivity index (χ3v) is 7.52. The number of hydrogen-bond acceptors (Lipinski definition) is 8. The summed E-state index contributed by atoms with van der Waals surface area (Å²) in [5.41, 5.74) is 4.23. The van der Waals surface area contributed by atoms with E-state index in [-0.39, 0.29) is 16.7 Å². The minimum absolute atomic E-state index is 0.00153. The molecule has 0 aliphatic carbocycles. The van der Waals surface area contributed by atoms with E-state index in [9.17, 15) is 12.8 Å². The molecule has 12 heteroatoms. The third kappa shape index (κ3) is 5.80. The molecule has 4 N–H and O–H groups in total. The number of fused-ring (bicyclic) bond motifs is 1. The van der Waals surface area contributed by atoms with Gasteiger partial charge in [0.25, 0.3) is 10.0 Å². The summed E-state index contributed by atoms with van der Waals surface area (Å²) >= 11 is 0. The van der Waals surface area contributed by atoms with Gasteiger partial charge in [0.15, 0.2) is 0 Å². The van der Waals surface area contributed by atoms with Crippen LogP contribution in [0, 0.1) is 26.6 Å². The maximum atomic E-state index is 14.3. The highest BCUT2D eigenvalue weighted by atomic mass is 32.2. The van der Waals surface area contributed by atoms with Crippen molar-refractivity contribution in [2.45, 2.75) is 32.1 Å². The fourth-order valence-corrected chi connectivity index (χ4v) is 5.35. The molecule has 0 fully saturated rings. The van der Waals surface area contributed by atoms with Gasteiger partial charge in [-0.15, -0.1) is 0 Å². The lowest BCUT2D eigenvalue weighted by atomic mass is 10.0. The van der Waals surface area contributed by atoms with Gasteiger partial charge in [0.2, 0.25) is 5.95 Å². The van der Waals surface area contributed by atoms with Crippen molar-refractivity contribution in [3.63, 3.8) is 0 Å².